The minimum absolute atomic E-state index is 0.149. The summed E-state index contributed by atoms with van der Waals surface area (Å²) in [6, 6.07) is 0. The monoisotopic (exact) mass is 514 g/mol. The van der Waals surface area contributed by atoms with Crippen molar-refractivity contribution in [3.63, 3.8) is 0 Å². The van der Waals surface area contributed by atoms with E-state index in [0.717, 1.165) is 64.2 Å². The molecule has 0 saturated carbocycles. The van der Waals surface area contributed by atoms with Crippen LogP contribution in [0, 0.1) is 0 Å². The van der Waals surface area contributed by atoms with Gasteiger partial charge in [-0.05, 0) is 57.8 Å². The van der Waals surface area contributed by atoms with Gasteiger partial charge in [-0.2, -0.15) is 0 Å². The molecular weight excluding hydrogens is 462 g/mol. The summed E-state index contributed by atoms with van der Waals surface area (Å²) in [5, 5.41) is 9.04. The lowest BCUT2D eigenvalue weighted by Gasteiger charge is -2.28. The molecule has 5 nitrogen and oxygen atoms in total. The summed E-state index contributed by atoms with van der Waals surface area (Å²) >= 11 is 0. The number of carboxylic acids is 1. The van der Waals surface area contributed by atoms with Gasteiger partial charge in [-0.3, -0.25) is 9.59 Å². The highest BCUT2D eigenvalue weighted by Gasteiger charge is 2.24. The number of hydrogen-bond acceptors (Lipinski definition) is 3. The summed E-state index contributed by atoms with van der Waals surface area (Å²) in [4.78, 5) is 23.1. The van der Waals surface area contributed by atoms with Gasteiger partial charge in [0.2, 0.25) is 0 Å². The number of carbonyl (C=O) groups excluding carboxylic acids is 1. The summed E-state index contributed by atoms with van der Waals surface area (Å²) in [6.07, 6.45) is 35.8. The zero-order valence-corrected chi connectivity index (χ0v) is 23.8. The molecule has 0 radical (unpaired) electrons. The maximum atomic E-state index is 12.1. The largest absolute Gasteiger partial charge is 0.481 e. The Balaban J connectivity index is 3.77. The average Bonchev–Trinajstić information content (AvgIpc) is 2.80. The van der Waals surface area contributed by atoms with Crippen LogP contribution in [0.15, 0.2) is 72.9 Å². The van der Waals surface area contributed by atoms with E-state index < -0.39 is 12.1 Å². The number of ether oxygens (including phenoxy) is 1. The third-order valence-corrected chi connectivity index (χ3v) is 5.30. The molecule has 1 N–H and O–H groups in total. The number of quaternary nitrogens is 1. The highest BCUT2D eigenvalue weighted by Crippen LogP contribution is 2.10. The second-order valence-electron chi connectivity index (χ2n) is 10.2. The van der Waals surface area contributed by atoms with E-state index in [4.69, 9.17) is 9.84 Å². The van der Waals surface area contributed by atoms with E-state index in [1.54, 1.807) is 0 Å². The van der Waals surface area contributed by atoms with Gasteiger partial charge >= 0.3 is 11.9 Å². The van der Waals surface area contributed by atoms with Crippen LogP contribution >= 0.6 is 0 Å². The van der Waals surface area contributed by atoms with Crippen molar-refractivity contribution in [2.45, 2.75) is 90.1 Å². The van der Waals surface area contributed by atoms with Gasteiger partial charge < -0.3 is 14.3 Å². The van der Waals surface area contributed by atoms with Crippen molar-refractivity contribution in [1.82, 2.24) is 0 Å². The zero-order valence-electron chi connectivity index (χ0n) is 23.8. The number of allylic oxidation sites excluding steroid dienone is 12. The first-order chi connectivity index (χ1) is 17.7. The van der Waals surface area contributed by atoms with Gasteiger partial charge in [-0.25, -0.2) is 0 Å². The molecule has 0 aromatic heterocycles. The van der Waals surface area contributed by atoms with Crippen molar-refractivity contribution < 1.29 is 23.9 Å². The molecule has 0 bridgehead atoms. The molecule has 0 amide bonds. The molecule has 0 rings (SSSR count). The predicted octanol–water partition coefficient (Wildman–Crippen LogP) is 7.73. The van der Waals surface area contributed by atoms with Crippen molar-refractivity contribution in [3.8, 4) is 0 Å². The smallest absolute Gasteiger partial charge is 0.307 e. The molecule has 0 fully saturated rings. The number of rotatable bonds is 22. The fraction of sp³-hybridized carbons (Fsp3) is 0.562. The fourth-order valence-corrected chi connectivity index (χ4v) is 3.54. The Morgan fingerprint density at radius 3 is 1.59 bits per heavy atom. The Morgan fingerprint density at radius 2 is 1.16 bits per heavy atom. The summed E-state index contributed by atoms with van der Waals surface area (Å²) in [5.74, 6) is -1.24. The first-order valence-corrected chi connectivity index (χ1v) is 13.9. The van der Waals surface area contributed by atoms with Crippen LogP contribution in [-0.4, -0.2) is 55.3 Å². The molecule has 0 heterocycles. The van der Waals surface area contributed by atoms with E-state index in [9.17, 15) is 9.59 Å². The zero-order chi connectivity index (χ0) is 27.6. The van der Waals surface area contributed by atoms with Crippen LogP contribution in [0.2, 0.25) is 0 Å². The minimum Gasteiger partial charge on any atom is -0.481 e. The molecule has 1 atom stereocenters. The number of aliphatic carboxylic acids is 1. The van der Waals surface area contributed by atoms with Crippen molar-refractivity contribution in [2.75, 3.05) is 27.7 Å². The van der Waals surface area contributed by atoms with Gasteiger partial charge in [-0.1, -0.05) is 86.3 Å². The van der Waals surface area contributed by atoms with Crippen molar-refractivity contribution in [1.29, 1.82) is 0 Å². The van der Waals surface area contributed by atoms with Gasteiger partial charge in [0.1, 0.15) is 6.54 Å². The van der Waals surface area contributed by atoms with E-state index >= 15 is 0 Å². The predicted molar refractivity (Wildman–Crippen MR) is 156 cm³/mol. The van der Waals surface area contributed by atoms with Crippen LogP contribution in [0.1, 0.15) is 84.0 Å². The molecular formula is C32H52NO4+. The van der Waals surface area contributed by atoms with Crippen LogP contribution in [-0.2, 0) is 14.3 Å². The highest BCUT2D eigenvalue weighted by molar-refractivity contribution is 5.71. The average molecular weight is 515 g/mol. The molecule has 0 aromatic carbocycles. The van der Waals surface area contributed by atoms with Crippen LogP contribution in [0.25, 0.3) is 0 Å². The Bertz CT molecular complexity index is 766. The topological polar surface area (TPSA) is 63.6 Å². The van der Waals surface area contributed by atoms with E-state index in [2.05, 4.69) is 79.8 Å². The number of esters is 1. The van der Waals surface area contributed by atoms with Crippen LogP contribution in [0.4, 0.5) is 0 Å². The van der Waals surface area contributed by atoms with Crippen molar-refractivity contribution >= 4 is 11.9 Å². The maximum Gasteiger partial charge on any atom is 0.307 e. The SMILES string of the molecule is CC/C=C/C/C=C/C/C=C/C/C=C\C/C=C/C/C=C/CCCCCC(=O)OC(CC(=O)O)C[N+](C)(C)C. The van der Waals surface area contributed by atoms with Crippen LogP contribution in [0.3, 0.4) is 0 Å². The Kier molecular flexibility index (Phi) is 22.0. The Morgan fingerprint density at radius 1 is 0.703 bits per heavy atom. The lowest BCUT2D eigenvalue weighted by Crippen LogP contribution is -2.43. The normalized spacial score (nSPS) is 13.8. The summed E-state index contributed by atoms with van der Waals surface area (Å²) < 4.78 is 5.97. The first kappa shape index (κ1) is 34.3. The van der Waals surface area contributed by atoms with Gasteiger partial charge in [0.05, 0.1) is 27.6 Å². The van der Waals surface area contributed by atoms with Crippen molar-refractivity contribution in [2.24, 2.45) is 0 Å². The molecule has 37 heavy (non-hydrogen) atoms. The molecule has 0 spiro atoms. The quantitative estimate of drug-likeness (QED) is 0.0695. The van der Waals surface area contributed by atoms with Crippen LogP contribution < -0.4 is 0 Å². The summed E-state index contributed by atoms with van der Waals surface area (Å²) in [5.41, 5.74) is 0. The lowest BCUT2D eigenvalue weighted by molar-refractivity contribution is -0.873. The number of carboxylic acid groups (broad SMARTS) is 1. The van der Waals surface area contributed by atoms with E-state index in [0.29, 0.717) is 17.4 Å². The molecule has 0 aliphatic heterocycles. The van der Waals surface area contributed by atoms with Gasteiger partial charge in [0.25, 0.3) is 0 Å². The lowest BCUT2D eigenvalue weighted by atomic mass is 10.1. The molecule has 0 aliphatic carbocycles. The van der Waals surface area contributed by atoms with E-state index in [1.165, 1.54) is 0 Å². The number of nitrogens with zero attached hydrogens (tertiary/aromatic N) is 1. The standard InChI is InChI=1S/C32H51NO4/c1-5-6-7-8-9-10-11-12-13-14-15-16-17-18-19-20-21-22-23-24-25-26-27-32(36)37-30(28-31(34)35)29-33(2,3)4/h6-7,9-10,12-13,15-16,18-19,21-22,30H,5,8,11,14,17,20,23-29H2,1-4H3/p+1/b7-6+,10-9+,13-12+,16-15-,19-18+,22-21+. The third kappa shape index (κ3) is 27.8. The number of hydrogen-bond donors (Lipinski definition) is 1. The number of likely N-dealkylation sites (N-methyl/N-ethyl adjacent to an activating group) is 1. The van der Waals surface area contributed by atoms with Gasteiger partial charge in [-0.15, -0.1) is 0 Å². The molecule has 1 unspecified atom stereocenters. The summed E-state index contributed by atoms with van der Waals surface area (Å²) in [7, 11) is 5.87. The van der Waals surface area contributed by atoms with E-state index in [1.807, 2.05) is 21.1 Å². The molecule has 0 saturated heterocycles. The van der Waals surface area contributed by atoms with Crippen LogP contribution in [0.5, 0.6) is 0 Å². The Labute approximate surface area is 226 Å². The molecule has 5 heteroatoms. The van der Waals surface area contributed by atoms with Gasteiger partial charge in [0, 0.05) is 6.42 Å². The highest BCUT2D eigenvalue weighted by atomic mass is 16.5. The second-order valence-corrected chi connectivity index (χ2v) is 10.2. The van der Waals surface area contributed by atoms with Gasteiger partial charge in [0.15, 0.2) is 6.10 Å². The fourth-order valence-electron chi connectivity index (χ4n) is 3.54. The minimum atomic E-state index is -0.942. The molecule has 208 valence electrons. The second kappa shape index (κ2) is 23.7. The first-order valence-electron chi connectivity index (χ1n) is 13.9. The van der Waals surface area contributed by atoms with Crippen molar-refractivity contribution in [3.05, 3.63) is 72.9 Å². The Hall–Kier alpha value is -2.66. The maximum absolute atomic E-state index is 12.1. The summed E-state index contributed by atoms with van der Waals surface area (Å²) in [6.45, 7) is 2.64. The molecule has 0 aromatic rings. The third-order valence-electron chi connectivity index (χ3n) is 5.30. The molecule has 0 aliphatic rings. The van der Waals surface area contributed by atoms with E-state index in [-0.39, 0.29) is 12.4 Å². The number of unbranched alkanes of at least 4 members (excludes halogenated alkanes) is 3. The number of carbonyl (C=O) groups is 2.